The van der Waals surface area contributed by atoms with E-state index in [1.165, 1.54) is 6.42 Å². The van der Waals surface area contributed by atoms with Gasteiger partial charge < -0.3 is 14.7 Å². The van der Waals surface area contributed by atoms with Crippen LogP contribution < -0.4 is 0 Å². The fraction of sp³-hybridized carbons (Fsp3) is 0.615. The van der Waals surface area contributed by atoms with Gasteiger partial charge in [0.15, 0.2) is 0 Å². The van der Waals surface area contributed by atoms with Crippen LogP contribution in [-0.2, 0) is 4.74 Å². The Morgan fingerprint density at radius 3 is 2.50 bits per heavy atom. The van der Waals surface area contributed by atoms with E-state index in [0.29, 0.717) is 13.1 Å². The summed E-state index contributed by atoms with van der Waals surface area (Å²) in [6.07, 6.45) is 6.72. The van der Waals surface area contributed by atoms with Gasteiger partial charge in [0.1, 0.15) is 5.60 Å². The molecule has 2 heterocycles. The van der Waals surface area contributed by atoms with Crippen LogP contribution in [0.1, 0.15) is 64.4 Å². The lowest BCUT2D eigenvalue weighted by atomic mass is 9.72. The van der Waals surface area contributed by atoms with E-state index < -0.39 is 11.2 Å². The fourth-order valence-electron chi connectivity index (χ4n) is 5.07. The lowest BCUT2D eigenvalue weighted by Gasteiger charge is -2.43. The van der Waals surface area contributed by atoms with Crippen LogP contribution in [0.2, 0.25) is 0 Å². The number of carbonyl (C=O) groups is 1. The Bertz CT molecular complexity index is 925. The number of hydrogen-bond donors (Lipinski definition) is 1. The van der Waals surface area contributed by atoms with Crippen molar-refractivity contribution in [1.82, 2.24) is 14.8 Å². The molecular weight excluding hydrogens is 402 g/mol. The van der Waals surface area contributed by atoms with Gasteiger partial charge in [0.05, 0.1) is 11.1 Å². The number of aliphatic hydroxyl groups is 1. The molecule has 0 spiro atoms. The van der Waals surface area contributed by atoms with Gasteiger partial charge in [0, 0.05) is 50.2 Å². The second-order valence-electron chi connectivity index (χ2n) is 10.4. The summed E-state index contributed by atoms with van der Waals surface area (Å²) in [6.45, 7) is 9.33. The standard InChI is InChI=1S/C26H37N3O3/c1-25(2,3)32-24(30)29-15-13-28(14-16-29)19-22(26(31)11-7-4-8-12-26)21-17-20-9-5-6-10-23(20)27-18-21/h5-6,9-10,17-18,22,31H,4,7-8,11-16,19H2,1-3H3. The lowest BCUT2D eigenvalue weighted by molar-refractivity contribution is -0.0357. The van der Waals surface area contributed by atoms with Crippen molar-refractivity contribution >= 4 is 17.0 Å². The molecule has 2 fully saturated rings. The summed E-state index contributed by atoms with van der Waals surface area (Å²) in [5, 5.41) is 12.8. The highest BCUT2D eigenvalue weighted by Gasteiger charge is 2.40. The molecule has 2 aromatic rings. The maximum Gasteiger partial charge on any atom is 0.410 e. The lowest BCUT2D eigenvalue weighted by Crippen LogP contribution is -2.52. The fourth-order valence-corrected chi connectivity index (χ4v) is 5.07. The average molecular weight is 440 g/mol. The summed E-state index contributed by atoms with van der Waals surface area (Å²) in [6, 6.07) is 10.4. The Balaban J connectivity index is 1.49. The molecule has 1 amide bonds. The number of nitrogens with zero attached hydrogens (tertiary/aromatic N) is 3. The van der Waals surface area contributed by atoms with E-state index in [0.717, 1.165) is 61.8 Å². The summed E-state index contributed by atoms with van der Waals surface area (Å²) in [4.78, 5) is 21.3. The molecule has 1 unspecified atom stereocenters. The Hall–Kier alpha value is -2.18. The van der Waals surface area contributed by atoms with Crippen molar-refractivity contribution in [2.45, 2.75) is 70.0 Å². The van der Waals surface area contributed by atoms with E-state index in [2.05, 4.69) is 17.0 Å². The van der Waals surface area contributed by atoms with Crippen LogP contribution in [0.4, 0.5) is 4.79 Å². The summed E-state index contributed by atoms with van der Waals surface area (Å²) >= 11 is 0. The number of aromatic nitrogens is 1. The van der Waals surface area contributed by atoms with E-state index in [9.17, 15) is 9.90 Å². The van der Waals surface area contributed by atoms with Gasteiger partial charge >= 0.3 is 6.09 Å². The largest absolute Gasteiger partial charge is 0.444 e. The highest BCUT2D eigenvalue weighted by molar-refractivity contribution is 5.78. The van der Waals surface area contributed by atoms with Gasteiger partial charge in [-0.15, -0.1) is 0 Å². The molecule has 1 atom stereocenters. The SMILES string of the molecule is CC(C)(C)OC(=O)N1CCN(CC(c2cnc3ccccc3c2)C2(O)CCCCC2)CC1. The first-order chi connectivity index (χ1) is 15.2. The molecule has 1 saturated heterocycles. The van der Waals surface area contributed by atoms with Gasteiger partial charge in [-0.1, -0.05) is 37.5 Å². The van der Waals surface area contributed by atoms with Gasteiger partial charge in [-0.3, -0.25) is 9.88 Å². The molecule has 6 heteroatoms. The zero-order valence-electron chi connectivity index (χ0n) is 19.7. The Morgan fingerprint density at radius 2 is 1.81 bits per heavy atom. The van der Waals surface area contributed by atoms with Crippen LogP contribution in [0, 0.1) is 0 Å². The summed E-state index contributed by atoms with van der Waals surface area (Å²) in [5.41, 5.74) is 0.913. The molecule has 4 rings (SSSR count). The molecule has 0 radical (unpaired) electrons. The Morgan fingerprint density at radius 1 is 1.12 bits per heavy atom. The van der Waals surface area contributed by atoms with Gasteiger partial charge in [-0.05, 0) is 51.3 Å². The quantitative estimate of drug-likeness (QED) is 0.756. The third-order valence-electron chi connectivity index (χ3n) is 6.85. The van der Waals surface area contributed by atoms with Crippen molar-refractivity contribution in [2.24, 2.45) is 0 Å². The van der Waals surface area contributed by atoms with E-state index in [1.54, 1.807) is 4.90 Å². The summed E-state index contributed by atoms with van der Waals surface area (Å²) < 4.78 is 5.54. The maximum atomic E-state index is 12.4. The third-order valence-corrected chi connectivity index (χ3v) is 6.85. The number of rotatable bonds is 4. The van der Waals surface area contributed by atoms with Gasteiger partial charge in [-0.25, -0.2) is 4.79 Å². The normalized spacial score (nSPS) is 20.8. The van der Waals surface area contributed by atoms with Gasteiger partial charge in [0.25, 0.3) is 0 Å². The molecule has 1 N–H and O–H groups in total. The number of fused-ring (bicyclic) bond motifs is 1. The van der Waals surface area contributed by atoms with Crippen molar-refractivity contribution in [3.63, 3.8) is 0 Å². The molecule has 2 aliphatic rings. The van der Waals surface area contributed by atoms with Crippen LogP contribution in [0.5, 0.6) is 0 Å². The molecule has 0 bridgehead atoms. The van der Waals surface area contributed by atoms with E-state index >= 15 is 0 Å². The number of amides is 1. The second kappa shape index (κ2) is 9.36. The van der Waals surface area contributed by atoms with Crippen molar-refractivity contribution in [2.75, 3.05) is 32.7 Å². The molecule has 1 aromatic carbocycles. The Kier molecular flexibility index (Phi) is 6.72. The first kappa shape index (κ1) is 23.0. The maximum absolute atomic E-state index is 12.4. The molecule has 6 nitrogen and oxygen atoms in total. The molecule has 174 valence electrons. The molecule has 32 heavy (non-hydrogen) atoms. The van der Waals surface area contributed by atoms with Gasteiger partial charge in [-0.2, -0.15) is 0 Å². The molecule has 1 aromatic heterocycles. The van der Waals surface area contributed by atoms with Crippen LogP contribution >= 0.6 is 0 Å². The van der Waals surface area contributed by atoms with Gasteiger partial charge in [0.2, 0.25) is 0 Å². The minimum absolute atomic E-state index is 0.00739. The van der Waals surface area contributed by atoms with Crippen LogP contribution in [0.3, 0.4) is 0 Å². The molecule has 1 aliphatic carbocycles. The number of ether oxygens (including phenoxy) is 1. The van der Waals surface area contributed by atoms with E-state index in [1.807, 2.05) is 45.2 Å². The minimum atomic E-state index is -0.704. The topological polar surface area (TPSA) is 65.9 Å². The third kappa shape index (κ3) is 5.41. The first-order valence-electron chi connectivity index (χ1n) is 12.0. The highest BCUT2D eigenvalue weighted by atomic mass is 16.6. The smallest absolute Gasteiger partial charge is 0.410 e. The average Bonchev–Trinajstić information content (AvgIpc) is 2.77. The van der Waals surface area contributed by atoms with Crippen molar-refractivity contribution in [3.05, 3.63) is 42.1 Å². The van der Waals surface area contributed by atoms with Crippen LogP contribution in [0.25, 0.3) is 10.9 Å². The number of hydrogen-bond acceptors (Lipinski definition) is 5. The number of benzene rings is 1. The zero-order chi connectivity index (χ0) is 22.8. The predicted octanol–water partition coefficient (Wildman–Crippen LogP) is 4.57. The van der Waals surface area contributed by atoms with E-state index in [4.69, 9.17) is 9.72 Å². The second-order valence-corrected chi connectivity index (χ2v) is 10.4. The van der Waals surface area contributed by atoms with Crippen molar-refractivity contribution in [3.8, 4) is 0 Å². The molecular formula is C26H37N3O3. The van der Waals surface area contributed by atoms with E-state index in [-0.39, 0.29) is 12.0 Å². The minimum Gasteiger partial charge on any atom is -0.444 e. The number of para-hydroxylation sites is 1. The van der Waals surface area contributed by atoms with Crippen molar-refractivity contribution < 1.29 is 14.6 Å². The highest BCUT2D eigenvalue weighted by Crippen LogP contribution is 2.41. The van der Waals surface area contributed by atoms with Crippen LogP contribution in [-0.4, -0.2) is 69.9 Å². The predicted molar refractivity (Wildman–Crippen MR) is 127 cm³/mol. The molecule has 1 aliphatic heterocycles. The summed E-state index contributed by atoms with van der Waals surface area (Å²) in [7, 11) is 0. The number of pyridine rings is 1. The molecule has 1 saturated carbocycles. The number of carbonyl (C=O) groups excluding carboxylic acids is 1. The van der Waals surface area contributed by atoms with Crippen LogP contribution in [0.15, 0.2) is 36.5 Å². The monoisotopic (exact) mass is 439 g/mol. The number of piperazine rings is 1. The van der Waals surface area contributed by atoms with Crippen molar-refractivity contribution in [1.29, 1.82) is 0 Å². The zero-order valence-corrected chi connectivity index (χ0v) is 19.7. The summed E-state index contributed by atoms with van der Waals surface area (Å²) in [5.74, 6) is 0.00739. The first-order valence-corrected chi connectivity index (χ1v) is 12.0. The Labute approximate surface area is 191 Å².